The van der Waals surface area contributed by atoms with Crippen LogP contribution < -0.4 is 5.32 Å². The summed E-state index contributed by atoms with van der Waals surface area (Å²) in [4.78, 5) is 21.8. The summed E-state index contributed by atoms with van der Waals surface area (Å²) in [7, 11) is -4.70. The zero-order valence-corrected chi connectivity index (χ0v) is 14.3. The molecule has 0 spiro atoms. The topological polar surface area (TPSA) is 147 Å². The molecule has 0 saturated heterocycles. The standard InChI is InChI=1S/C17H12N2O7S/c20-15-9-14(12-3-1-2-4-13(12)16(15)27(24,25)26)18-17(21)10-5-7-11(8-6-10)19(22)23/h1-9,20H,(H,18,21)(H,24,25,26). The van der Waals surface area contributed by atoms with E-state index in [-0.39, 0.29) is 27.7 Å². The highest BCUT2D eigenvalue weighted by atomic mass is 32.2. The average molecular weight is 388 g/mol. The Morgan fingerprint density at radius 3 is 2.19 bits per heavy atom. The number of fused-ring (bicyclic) bond motifs is 1. The summed E-state index contributed by atoms with van der Waals surface area (Å²) < 4.78 is 32.5. The average Bonchev–Trinajstić information content (AvgIpc) is 2.60. The van der Waals surface area contributed by atoms with Gasteiger partial charge in [-0.3, -0.25) is 19.5 Å². The van der Waals surface area contributed by atoms with E-state index in [2.05, 4.69) is 5.32 Å². The number of carbonyl (C=O) groups excluding carboxylic acids is 1. The second-order valence-corrected chi connectivity index (χ2v) is 6.91. The van der Waals surface area contributed by atoms with Gasteiger partial charge in [0.1, 0.15) is 10.6 Å². The highest BCUT2D eigenvalue weighted by molar-refractivity contribution is 7.86. The molecule has 0 fully saturated rings. The van der Waals surface area contributed by atoms with Gasteiger partial charge in [-0.2, -0.15) is 8.42 Å². The van der Waals surface area contributed by atoms with E-state index in [1.165, 1.54) is 42.5 Å². The van der Waals surface area contributed by atoms with E-state index in [0.717, 1.165) is 6.07 Å². The lowest BCUT2D eigenvalue weighted by Gasteiger charge is -2.13. The number of aromatic hydroxyl groups is 1. The van der Waals surface area contributed by atoms with Crippen LogP contribution in [0, 0.1) is 10.1 Å². The third-order valence-electron chi connectivity index (χ3n) is 3.82. The Morgan fingerprint density at radius 2 is 1.63 bits per heavy atom. The van der Waals surface area contributed by atoms with Crippen LogP contribution in [0.4, 0.5) is 11.4 Å². The third kappa shape index (κ3) is 3.57. The van der Waals surface area contributed by atoms with E-state index < -0.39 is 31.6 Å². The first kappa shape index (κ1) is 18.3. The molecule has 138 valence electrons. The second-order valence-electron chi connectivity index (χ2n) is 5.55. The number of non-ortho nitro benzene ring substituents is 1. The monoisotopic (exact) mass is 388 g/mol. The van der Waals surface area contributed by atoms with Crippen LogP contribution in [0.3, 0.4) is 0 Å². The van der Waals surface area contributed by atoms with Crippen molar-refractivity contribution in [2.75, 3.05) is 5.32 Å². The van der Waals surface area contributed by atoms with E-state index in [0.29, 0.717) is 0 Å². The summed E-state index contributed by atoms with van der Waals surface area (Å²) in [6.07, 6.45) is 0. The Bertz CT molecular complexity index is 1170. The summed E-state index contributed by atoms with van der Waals surface area (Å²) in [5.41, 5.74) is 0.0639. The van der Waals surface area contributed by atoms with Gasteiger partial charge in [-0.05, 0) is 12.1 Å². The SMILES string of the molecule is O=C(Nc1cc(O)c(S(=O)(=O)O)c2ccccc12)c1ccc([N+](=O)[O-])cc1. The van der Waals surface area contributed by atoms with E-state index in [1.54, 1.807) is 6.07 Å². The number of nitrogens with zero attached hydrogens (tertiary/aromatic N) is 1. The Kier molecular flexibility index (Phi) is 4.52. The molecule has 3 aromatic carbocycles. The lowest BCUT2D eigenvalue weighted by molar-refractivity contribution is -0.384. The first-order chi connectivity index (χ1) is 12.7. The molecule has 0 saturated carbocycles. The van der Waals surface area contributed by atoms with Crippen molar-refractivity contribution in [3.63, 3.8) is 0 Å². The molecule has 0 atom stereocenters. The quantitative estimate of drug-likeness (QED) is 0.354. The molecule has 0 aliphatic carbocycles. The summed E-state index contributed by atoms with van der Waals surface area (Å²) in [5, 5.41) is 23.5. The molecule has 0 bridgehead atoms. The number of anilines is 1. The van der Waals surface area contributed by atoms with Crippen LogP contribution in [0.15, 0.2) is 59.5 Å². The summed E-state index contributed by atoms with van der Waals surface area (Å²) >= 11 is 0. The Labute approximate surface area is 152 Å². The van der Waals surface area contributed by atoms with Crippen LogP contribution in [0.2, 0.25) is 0 Å². The van der Waals surface area contributed by atoms with Gasteiger partial charge < -0.3 is 10.4 Å². The molecule has 3 rings (SSSR count). The zero-order valence-electron chi connectivity index (χ0n) is 13.5. The number of nitrogens with one attached hydrogen (secondary N) is 1. The van der Waals surface area contributed by atoms with Crippen LogP contribution in [-0.4, -0.2) is 28.9 Å². The van der Waals surface area contributed by atoms with Gasteiger partial charge in [0.15, 0.2) is 0 Å². The molecule has 0 radical (unpaired) electrons. The van der Waals surface area contributed by atoms with Crippen LogP contribution in [0.25, 0.3) is 10.8 Å². The number of nitro benzene ring substituents is 1. The smallest absolute Gasteiger partial charge is 0.298 e. The highest BCUT2D eigenvalue weighted by Gasteiger charge is 2.22. The number of nitro groups is 1. The van der Waals surface area contributed by atoms with E-state index in [1.807, 2.05) is 0 Å². The molecule has 0 aliphatic rings. The molecule has 1 amide bonds. The number of amides is 1. The van der Waals surface area contributed by atoms with Gasteiger partial charge in [-0.1, -0.05) is 24.3 Å². The fraction of sp³-hybridized carbons (Fsp3) is 0. The Balaban J connectivity index is 2.05. The van der Waals surface area contributed by atoms with Crippen molar-refractivity contribution < 1.29 is 27.8 Å². The minimum atomic E-state index is -4.70. The Morgan fingerprint density at radius 1 is 1.04 bits per heavy atom. The number of rotatable bonds is 4. The first-order valence-corrected chi connectivity index (χ1v) is 8.90. The lowest BCUT2D eigenvalue weighted by Crippen LogP contribution is -2.12. The maximum atomic E-state index is 12.4. The van der Waals surface area contributed by atoms with Crippen molar-refractivity contribution in [3.8, 4) is 5.75 Å². The third-order valence-corrected chi connectivity index (χ3v) is 4.77. The van der Waals surface area contributed by atoms with Gasteiger partial charge in [0, 0.05) is 34.5 Å². The van der Waals surface area contributed by atoms with Crippen molar-refractivity contribution in [2.24, 2.45) is 0 Å². The highest BCUT2D eigenvalue weighted by Crippen LogP contribution is 2.36. The van der Waals surface area contributed by atoms with E-state index in [9.17, 15) is 33.0 Å². The number of hydrogen-bond acceptors (Lipinski definition) is 6. The van der Waals surface area contributed by atoms with Crippen LogP contribution in [0.1, 0.15) is 10.4 Å². The summed E-state index contributed by atoms with van der Waals surface area (Å²) in [5.74, 6) is -1.34. The Hall–Kier alpha value is -3.50. The zero-order chi connectivity index (χ0) is 19.8. The van der Waals surface area contributed by atoms with Crippen LogP contribution in [-0.2, 0) is 10.1 Å². The van der Waals surface area contributed by atoms with Crippen LogP contribution in [0.5, 0.6) is 5.75 Å². The number of hydrogen-bond donors (Lipinski definition) is 3. The fourth-order valence-corrected chi connectivity index (χ4v) is 3.42. The molecule has 3 N–H and O–H groups in total. The number of benzene rings is 3. The van der Waals surface area contributed by atoms with Gasteiger partial charge in [-0.15, -0.1) is 0 Å². The largest absolute Gasteiger partial charge is 0.506 e. The maximum Gasteiger partial charge on any atom is 0.298 e. The normalized spacial score (nSPS) is 11.3. The van der Waals surface area contributed by atoms with E-state index in [4.69, 9.17) is 0 Å². The van der Waals surface area contributed by atoms with Gasteiger partial charge in [0.2, 0.25) is 0 Å². The number of phenols is 1. The van der Waals surface area contributed by atoms with E-state index >= 15 is 0 Å². The van der Waals surface area contributed by atoms with Gasteiger partial charge in [0.05, 0.1) is 10.6 Å². The molecular weight excluding hydrogens is 376 g/mol. The molecule has 9 nitrogen and oxygen atoms in total. The van der Waals surface area contributed by atoms with Crippen molar-refractivity contribution in [1.82, 2.24) is 0 Å². The molecule has 0 heterocycles. The fourth-order valence-electron chi connectivity index (χ4n) is 2.64. The molecule has 27 heavy (non-hydrogen) atoms. The lowest BCUT2D eigenvalue weighted by atomic mass is 10.1. The minimum Gasteiger partial charge on any atom is -0.506 e. The predicted molar refractivity (Wildman–Crippen MR) is 96.5 cm³/mol. The molecule has 0 aromatic heterocycles. The van der Waals surface area contributed by atoms with Crippen molar-refractivity contribution in [2.45, 2.75) is 4.90 Å². The van der Waals surface area contributed by atoms with Gasteiger partial charge in [0.25, 0.3) is 21.7 Å². The summed E-state index contributed by atoms with van der Waals surface area (Å²) in [6, 6.07) is 11.9. The van der Waals surface area contributed by atoms with Crippen molar-refractivity contribution in [1.29, 1.82) is 0 Å². The minimum absolute atomic E-state index is 0.0269. The van der Waals surface area contributed by atoms with Crippen molar-refractivity contribution >= 4 is 38.2 Å². The van der Waals surface area contributed by atoms with Gasteiger partial charge in [-0.25, -0.2) is 0 Å². The first-order valence-electron chi connectivity index (χ1n) is 7.46. The molecule has 10 heteroatoms. The summed E-state index contributed by atoms with van der Waals surface area (Å²) in [6.45, 7) is 0. The molecular formula is C17H12N2O7S. The van der Waals surface area contributed by atoms with Crippen molar-refractivity contribution in [3.05, 3.63) is 70.3 Å². The number of carbonyl (C=O) groups is 1. The molecule has 3 aromatic rings. The second kappa shape index (κ2) is 6.67. The molecule has 0 aliphatic heterocycles. The number of phenolic OH excluding ortho intramolecular Hbond substituents is 1. The van der Waals surface area contributed by atoms with Crippen LogP contribution >= 0.6 is 0 Å². The predicted octanol–water partition coefficient (Wildman–Crippen LogP) is 2.95. The maximum absolute atomic E-state index is 12.4. The van der Waals surface area contributed by atoms with Gasteiger partial charge >= 0.3 is 0 Å². The molecule has 0 unspecified atom stereocenters.